The predicted molar refractivity (Wildman–Crippen MR) is 190 cm³/mol. The van der Waals surface area contributed by atoms with Crippen LogP contribution in [0.15, 0.2) is 162 Å². The molecule has 0 N–H and O–H groups in total. The maximum atomic E-state index is 6.81. The molecule has 3 nitrogen and oxygen atoms in total. The number of fused-ring (bicyclic) bond motifs is 7. The van der Waals surface area contributed by atoms with Gasteiger partial charge in [-0.15, -0.1) is 0 Å². The third-order valence-corrected chi connectivity index (χ3v) is 9.52. The number of para-hydroxylation sites is 3. The van der Waals surface area contributed by atoms with E-state index in [4.69, 9.17) is 9.15 Å². The summed E-state index contributed by atoms with van der Waals surface area (Å²) in [6.45, 7) is 0.0545. The van der Waals surface area contributed by atoms with Gasteiger partial charge in [0.2, 0.25) is 0 Å². The van der Waals surface area contributed by atoms with E-state index < -0.39 is 0 Å². The summed E-state index contributed by atoms with van der Waals surface area (Å²) in [5.41, 5.74) is 13.2. The molecule has 10 rings (SSSR count). The highest BCUT2D eigenvalue weighted by atomic mass is 16.5. The van der Waals surface area contributed by atoms with Gasteiger partial charge >= 0.3 is 0 Å². The van der Waals surface area contributed by atoms with Gasteiger partial charge in [0.25, 0.3) is 6.71 Å². The third kappa shape index (κ3) is 3.55. The molecular weight excluding hydrogens is 561 g/mol. The monoisotopic (exact) mass is 587 g/mol. The van der Waals surface area contributed by atoms with E-state index in [9.17, 15) is 0 Å². The predicted octanol–water partition coefficient (Wildman–Crippen LogP) is 9.33. The summed E-state index contributed by atoms with van der Waals surface area (Å²) < 4.78 is 13.4. The maximum Gasteiger partial charge on any atom is 0.256 e. The van der Waals surface area contributed by atoms with E-state index in [0.29, 0.717) is 0 Å². The van der Waals surface area contributed by atoms with Crippen LogP contribution in [0.4, 0.5) is 17.1 Å². The molecule has 0 atom stereocenters. The average Bonchev–Trinajstić information content (AvgIpc) is 3.50. The van der Waals surface area contributed by atoms with Crippen molar-refractivity contribution in [2.24, 2.45) is 0 Å². The molecule has 46 heavy (non-hydrogen) atoms. The first kappa shape index (κ1) is 25.3. The van der Waals surface area contributed by atoms with E-state index in [2.05, 4.69) is 157 Å². The van der Waals surface area contributed by atoms with Crippen LogP contribution in [0.3, 0.4) is 0 Å². The minimum atomic E-state index is 0.0545. The Bertz CT molecular complexity index is 2470. The van der Waals surface area contributed by atoms with Gasteiger partial charge in [0.05, 0.1) is 5.69 Å². The van der Waals surface area contributed by atoms with Crippen molar-refractivity contribution in [2.45, 2.75) is 0 Å². The number of furan rings is 1. The van der Waals surface area contributed by atoms with Crippen LogP contribution < -0.4 is 26.0 Å². The van der Waals surface area contributed by atoms with E-state index in [0.717, 1.165) is 72.8 Å². The minimum absolute atomic E-state index is 0.0545. The molecule has 3 heterocycles. The van der Waals surface area contributed by atoms with Gasteiger partial charge in [-0.3, -0.25) is 0 Å². The summed E-state index contributed by atoms with van der Waals surface area (Å²) in [6, 6.07) is 55.8. The molecular formula is C42H26BNO2. The van der Waals surface area contributed by atoms with E-state index in [1.807, 2.05) is 6.07 Å². The Hall–Kier alpha value is -6.00. The molecule has 0 amide bonds. The molecule has 0 bridgehead atoms. The molecule has 1 aromatic heterocycles. The molecule has 0 saturated carbocycles. The van der Waals surface area contributed by atoms with Gasteiger partial charge in [0, 0.05) is 33.3 Å². The van der Waals surface area contributed by atoms with Crippen molar-refractivity contribution >= 4 is 62.1 Å². The Morgan fingerprint density at radius 2 is 1.15 bits per heavy atom. The van der Waals surface area contributed by atoms with E-state index in [1.54, 1.807) is 0 Å². The fourth-order valence-corrected chi connectivity index (χ4v) is 7.61. The molecule has 0 fully saturated rings. The van der Waals surface area contributed by atoms with Crippen molar-refractivity contribution < 1.29 is 9.15 Å². The summed E-state index contributed by atoms with van der Waals surface area (Å²) in [4.78, 5) is 2.46. The van der Waals surface area contributed by atoms with Crippen molar-refractivity contribution in [2.75, 3.05) is 4.90 Å². The lowest BCUT2D eigenvalue weighted by molar-refractivity contribution is 0.487. The second-order valence-corrected chi connectivity index (χ2v) is 12.0. The smallest absolute Gasteiger partial charge is 0.256 e. The lowest BCUT2D eigenvalue weighted by Crippen LogP contribution is -2.59. The van der Waals surface area contributed by atoms with Gasteiger partial charge < -0.3 is 14.1 Å². The highest BCUT2D eigenvalue weighted by Crippen LogP contribution is 2.52. The Kier molecular flexibility index (Phi) is 5.37. The number of ether oxygens (including phenoxy) is 1. The molecule has 8 aromatic rings. The standard InChI is InChI=1S/C42H26BNO2/c1-3-14-27(15-4-1)30-26-31-29-18-7-11-23-36(29)46-42(31)39(28-16-5-2-6-17-28)41(30)44-34-21-10-8-19-32(34)43-33-20-9-12-24-37(33)45-38-25-13-22-35(44)40(38)43/h1-26H. The summed E-state index contributed by atoms with van der Waals surface area (Å²) >= 11 is 0. The molecule has 4 heteroatoms. The zero-order valence-electron chi connectivity index (χ0n) is 24.9. The first-order valence-electron chi connectivity index (χ1n) is 15.7. The zero-order valence-corrected chi connectivity index (χ0v) is 24.9. The minimum Gasteiger partial charge on any atom is -0.458 e. The van der Waals surface area contributed by atoms with Crippen LogP contribution in [0.5, 0.6) is 11.5 Å². The summed E-state index contributed by atoms with van der Waals surface area (Å²) in [7, 11) is 0. The van der Waals surface area contributed by atoms with E-state index in [1.165, 1.54) is 16.4 Å². The zero-order chi connectivity index (χ0) is 30.2. The number of benzene rings is 7. The van der Waals surface area contributed by atoms with Gasteiger partial charge in [-0.05, 0) is 63.9 Å². The summed E-state index contributed by atoms with van der Waals surface area (Å²) in [5.74, 6) is 1.81. The van der Waals surface area contributed by atoms with Gasteiger partial charge in [-0.25, -0.2) is 0 Å². The normalized spacial score (nSPS) is 12.9. The van der Waals surface area contributed by atoms with Gasteiger partial charge in [-0.2, -0.15) is 0 Å². The van der Waals surface area contributed by atoms with Crippen LogP contribution in [-0.4, -0.2) is 6.71 Å². The van der Waals surface area contributed by atoms with Gasteiger partial charge in [-0.1, -0.05) is 121 Å². The van der Waals surface area contributed by atoms with Crippen molar-refractivity contribution in [3.63, 3.8) is 0 Å². The SMILES string of the molecule is c1ccc(-c2cc3c(oc4ccccc43)c(-c3ccccc3)c2N2c3ccccc3B3c4ccccc4Oc4cccc2c43)cc1. The second-order valence-electron chi connectivity index (χ2n) is 12.0. The number of hydrogen-bond donors (Lipinski definition) is 0. The Balaban J connectivity index is 1.39. The lowest BCUT2D eigenvalue weighted by Gasteiger charge is -2.41. The van der Waals surface area contributed by atoms with Crippen LogP contribution in [-0.2, 0) is 0 Å². The molecule has 0 saturated heterocycles. The number of anilines is 3. The molecule has 2 aliphatic rings. The quantitative estimate of drug-likeness (QED) is 0.193. The van der Waals surface area contributed by atoms with Crippen molar-refractivity contribution in [3.8, 4) is 33.8 Å². The first-order valence-corrected chi connectivity index (χ1v) is 15.7. The highest BCUT2D eigenvalue weighted by molar-refractivity contribution is 6.99. The number of hydrogen-bond acceptors (Lipinski definition) is 3. The van der Waals surface area contributed by atoms with Crippen LogP contribution in [0.2, 0.25) is 0 Å². The largest absolute Gasteiger partial charge is 0.458 e. The summed E-state index contributed by atoms with van der Waals surface area (Å²) in [5, 5.41) is 2.21. The number of rotatable bonds is 3. The summed E-state index contributed by atoms with van der Waals surface area (Å²) in [6.07, 6.45) is 0. The van der Waals surface area contributed by atoms with E-state index >= 15 is 0 Å². The number of nitrogens with zero attached hydrogens (tertiary/aromatic N) is 1. The lowest BCUT2D eigenvalue weighted by atomic mass is 9.34. The van der Waals surface area contributed by atoms with Crippen LogP contribution >= 0.6 is 0 Å². The molecule has 0 unspecified atom stereocenters. The molecule has 7 aromatic carbocycles. The molecule has 2 aliphatic heterocycles. The van der Waals surface area contributed by atoms with Crippen molar-refractivity contribution in [3.05, 3.63) is 158 Å². The maximum absolute atomic E-state index is 6.81. The van der Waals surface area contributed by atoms with Crippen LogP contribution in [0.25, 0.3) is 44.2 Å². The van der Waals surface area contributed by atoms with Crippen molar-refractivity contribution in [1.29, 1.82) is 0 Å². The molecule has 0 aliphatic carbocycles. The Morgan fingerprint density at radius 3 is 2.00 bits per heavy atom. The van der Waals surface area contributed by atoms with Crippen LogP contribution in [0, 0.1) is 0 Å². The third-order valence-electron chi connectivity index (χ3n) is 9.52. The Morgan fingerprint density at radius 1 is 0.500 bits per heavy atom. The fraction of sp³-hybridized carbons (Fsp3) is 0. The van der Waals surface area contributed by atoms with Gasteiger partial charge in [0.1, 0.15) is 22.7 Å². The van der Waals surface area contributed by atoms with Gasteiger partial charge in [0.15, 0.2) is 0 Å². The first-order chi connectivity index (χ1) is 22.8. The average molecular weight is 587 g/mol. The molecule has 214 valence electrons. The second kappa shape index (κ2) is 9.75. The molecule has 0 radical (unpaired) electrons. The van der Waals surface area contributed by atoms with Crippen molar-refractivity contribution in [1.82, 2.24) is 0 Å². The van der Waals surface area contributed by atoms with Crippen LogP contribution in [0.1, 0.15) is 0 Å². The Labute approximate surface area is 267 Å². The fourth-order valence-electron chi connectivity index (χ4n) is 7.61. The van der Waals surface area contributed by atoms with E-state index in [-0.39, 0.29) is 6.71 Å². The molecule has 0 spiro atoms. The topological polar surface area (TPSA) is 25.6 Å². The highest BCUT2D eigenvalue weighted by Gasteiger charge is 2.42.